The average molecular weight is 467 g/mol. The molecule has 0 bridgehead atoms. The van der Waals surface area contributed by atoms with Gasteiger partial charge in [0.05, 0.1) is 11.3 Å². The van der Waals surface area contributed by atoms with Crippen molar-refractivity contribution >= 4 is 47.4 Å². The fourth-order valence-corrected chi connectivity index (χ4v) is 6.49. The zero-order valence-electron chi connectivity index (χ0n) is 16.9. The third-order valence-electron chi connectivity index (χ3n) is 5.73. The molecule has 0 unspecified atom stereocenters. The van der Waals surface area contributed by atoms with E-state index in [1.54, 1.807) is 24.7 Å². The first-order valence-corrected chi connectivity index (χ1v) is 12.4. The van der Waals surface area contributed by atoms with Crippen molar-refractivity contribution in [3.05, 3.63) is 29.5 Å². The number of alkyl halides is 2. The minimum atomic E-state index is -3.27. The summed E-state index contributed by atoms with van der Waals surface area (Å²) in [5.41, 5.74) is 1.68. The van der Waals surface area contributed by atoms with Crippen LogP contribution in [0.3, 0.4) is 0 Å². The van der Waals surface area contributed by atoms with Crippen molar-refractivity contribution in [2.24, 2.45) is 0 Å². The predicted octanol–water partition coefficient (Wildman–Crippen LogP) is 3.66. The van der Waals surface area contributed by atoms with E-state index in [2.05, 4.69) is 15.1 Å². The topological polar surface area (TPSA) is 93.4 Å². The van der Waals surface area contributed by atoms with Gasteiger partial charge in [0, 0.05) is 24.4 Å². The second-order valence-electron chi connectivity index (χ2n) is 7.71. The van der Waals surface area contributed by atoms with Crippen LogP contribution in [0.15, 0.2) is 12.4 Å². The largest absolute Gasteiger partial charge is 0.280 e. The Morgan fingerprint density at radius 2 is 2.13 bits per heavy atom. The van der Waals surface area contributed by atoms with E-state index >= 15 is 0 Å². The number of nitrogens with zero attached hydrogens (tertiary/aromatic N) is 6. The van der Waals surface area contributed by atoms with E-state index in [0.717, 1.165) is 22.9 Å². The lowest BCUT2D eigenvalue weighted by Gasteiger charge is -2.30. The van der Waals surface area contributed by atoms with Gasteiger partial charge in [-0.25, -0.2) is 41.0 Å². The Morgan fingerprint density at radius 3 is 2.87 bits per heavy atom. The van der Waals surface area contributed by atoms with Crippen molar-refractivity contribution in [2.75, 3.05) is 18.8 Å². The van der Waals surface area contributed by atoms with Crippen LogP contribution in [0, 0.1) is 6.92 Å². The molecular formula is C19H20F2N6O2S2. The van der Waals surface area contributed by atoms with Crippen LogP contribution in [0.25, 0.3) is 26.1 Å². The minimum Gasteiger partial charge on any atom is -0.236 e. The fourth-order valence-electron chi connectivity index (χ4n) is 4.12. The molecule has 1 aliphatic heterocycles. The summed E-state index contributed by atoms with van der Waals surface area (Å²) in [5.74, 6) is 0.530. The van der Waals surface area contributed by atoms with Gasteiger partial charge in [-0.05, 0) is 38.3 Å². The van der Waals surface area contributed by atoms with E-state index in [-0.39, 0.29) is 17.4 Å². The van der Waals surface area contributed by atoms with Crippen molar-refractivity contribution in [3.63, 3.8) is 0 Å². The quantitative estimate of drug-likeness (QED) is 0.456. The predicted molar refractivity (Wildman–Crippen MR) is 114 cm³/mol. The van der Waals surface area contributed by atoms with Crippen molar-refractivity contribution in [1.29, 1.82) is 0 Å². The summed E-state index contributed by atoms with van der Waals surface area (Å²) >= 11 is 1.27. The molecule has 1 fully saturated rings. The maximum atomic E-state index is 13.2. The van der Waals surface area contributed by atoms with E-state index in [0.29, 0.717) is 40.5 Å². The molecular weight excluding hydrogens is 446 g/mol. The molecule has 0 saturated carbocycles. The molecule has 0 radical (unpaired) electrons. The lowest BCUT2D eigenvalue weighted by Crippen LogP contribution is -2.40. The van der Waals surface area contributed by atoms with Gasteiger partial charge in [-0.1, -0.05) is 0 Å². The lowest BCUT2D eigenvalue weighted by atomic mass is 9.99. The zero-order chi connectivity index (χ0) is 21.9. The first-order chi connectivity index (χ1) is 14.8. The summed E-state index contributed by atoms with van der Waals surface area (Å²) in [4.78, 5) is 13.8. The number of rotatable bonds is 4. The molecule has 12 heteroatoms. The highest BCUT2D eigenvalue weighted by molar-refractivity contribution is 7.89. The number of aryl methyl sites for hydroxylation is 1. The standard InChI is InChI=1S/C19H20F2N6O2S2/c1-3-31(28,29)26-6-4-5-11(8-26)17-24-18-15-14(22-9-27(18)25-17)13-10(2)7-12(16(20)21)23-19(13)30-15/h7,9,11,16H,3-6,8H2,1-2H3/t11-/m0/s1. The summed E-state index contributed by atoms with van der Waals surface area (Å²) in [7, 11) is -3.27. The van der Waals surface area contributed by atoms with Crippen LogP contribution in [0.2, 0.25) is 0 Å². The molecule has 0 aliphatic carbocycles. The number of sulfonamides is 1. The molecule has 1 aliphatic rings. The molecule has 0 N–H and O–H groups in total. The third-order valence-corrected chi connectivity index (χ3v) is 8.65. The maximum Gasteiger partial charge on any atom is 0.280 e. The Balaban J connectivity index is 1.61. The summed E-state index contributed by atoms with van der Waals surface area (Å²) in [6, 6.07) is 1.39. The normalized spacial score (nSPS) is 18.7. The zero-order valence-corrected chi connectivity index (χ0v) is 18.6. The third kappa shape index (κ3) is 3.37. The Kier molecular flexibility index (Phi) is 4.90. The second-order valence-corrected chi connectivity index (χ2v) is 11.0. The first kappa shape index (κ1) is 20.6. The molecule has 31 heavy (non-hydrogen) atoms. The number of hydrogen-bond acceptors (Lipinski definition) is 7. The van der Waals surface area contributed by atoms with Crippen LogP contribution in [-0.4, -0.2) is 56.1 Å². The number of hydrogen-bond donors (Lipinski definition) is 0. The van der Waals surface area contributed by atoms with Gasteiger partial charge in [0.25, 0.3) is 6.43 Å². The highest BCUT2D eigenvalue weighted by Crippen LogP contribution is 2.37. The molecule has 1 saturated heterocycles. The Bertz CT molecular complexity index is 1420. The van der Waals surface area contributed by atoms with Crippen LogP contribution in [0.1, 0.15) is 49.2 Å². The smallest absolute Gasteiger partial charge is 0.236 e. The van der Waals surface area contributed by atoms with Crippen LogP contribution in [0.4, 0.5) is 8.78 Å². The van der Waals surface area contributed by atoms with Crippen molar-refractivity contribution in [3.8, 4) is 0 Å². The fraction of sp³-hybridized carbons (Fsp3) is 0.474. The van der Waals surface area contributed by atoms with Gasteiger partial charge >= 0.3 is 0 Å². The molecule has 5 heterocycles. The monoisotopic (exact) mass is 466 g/mol. The summed E-state index contributed by atoms with van der Waals surface area (Å²) < 4.78 is 54.8. The lowest BCUT2D eigenvalue weighted by molar-refractivity contribution is 0.146. The number of pyridine rings is 1. The number of thiophene rings is 1. The molecule has 0 aromatic carbocycles. The van der Waals surface area contributed by atoms with Gasteiger partial charge in [0.1, 0.15) is 21.6 Å². The first-order valence-electron chi connectivity index (χ1n) is 9.99. The van der Waals surface area contributed by atoms with Gasteiger partial charge in [-0.3, -0.25) is 0 Å². The summed E-state index contributed by atoms with van der Waals surface area (Å²) in [5, 5.41) is 5.30. The van der Waals surface area contributed by atoms with Gasteiger partial charge in [-0.15, -0.1) is 16.4 Å². The molecule has 5 rings (SSSR count). The van der Waals surface area contributed by atoms with Crippen LogP contribution in [0.5, 0.6) is 0 Å². The Hall–Kier alpha value is -2.31. The molecule has 8 nitrogen and oxygen atoms in total. The Morgan fingerprint density at radius 1 is 1.32 bits per heavy atom. The average Bonchev–Trinajstić information content (AvgIpc) is 3.35. The number of fused-ring (bicyclic) bond motifs is 5. The van der Waals surface area contributed by atoms with E-state index in [1.165, 1.54) is 21.7 Å². The van der Waals surface area contributed by atoms with E-state index in [4.69, 9.17) is 4.98 Å². The van der Waals surface area contributed by atoms with Gasteiger partial charge in [-0.2, -0.15) is 0 Å². The molecule has 0 amide bonds. The van der Waals surface area contributed by atoms with Crippen LogP contribution < -0.4 is 0 Å². The molecule has 1 atom stereocenters. The highest BCUT2D eigenvalue weighted by atomic mass is 32.2. The number of halogens is 2. The van der Waals surface area contributed by atoms with Crippen LogP contribution in [-0.2, 0) is 10.0 Å². The Labute approximate surface area is 181 Å². The molecule has 0 spiro atoms. The highest BCUT2D eigenvalue weighted by Gasteiger charge is 2.31. The second kappa shape index (κ2) is 7.38. The molecule has 4 aromatic heterocycles. The summed E-state index contributed by atoms with van der Waals surface area (Å²) in [6.45, 7) is 4.28. The van der Waals surface area contributed by atoms with E-state index in [9.17, 15) is 17.2 Å². The summed E-state index contributed by atoms with van der Waals surface area (Å²) in [6.07, 6.45) is 0.461. The number of aromatic nitrogens is 5. The van der Waals surface area contributed by atoms with E-state index < -0.39 is 16.4 Å². The maximum absolute atomic E-state index is 13.2. The van der Waals surface area contributed by atoms with Crippen molar-refractivity contribution < 1.29 is 17.2 Å². The van der Waals surface area contributed by atoms with Crippen LogP contribution >= 0.6 is 11.3 Å². The van der Waals surface area contributed by atoms with Gasteiger partial charge in [0.2, 0.25) is 10.0 Å². The SMILES string of the molecule is CCS(=O)(=O)N1CCC[C@H](c2nc3c4sc5nc(C(F)F)cc(C)c5c4ncn3n2)C1. The molecule has 164 valence electrons. The van der Waals surface area contributed by atoms with Crippen molar-refractivity contribution in [1.82, 2.24) is 28.9 Å². The van der Waals surface area contributed by atoms with Gasteiger partial charge in [0.15, 0.2) is 11.5 Å². The number of piperidine rings is 1. The molecule has 4 aromatic rings. The van der Waals surface area contributed by atoms with Gasteiger partial charge < -0.3 is 0 Å². The van der Waals surface area contributed by atoms with Crippen molar-refractivity contribution in [2.45, 2.75) is 39.0 Å². The van der Waals surface area contributed by atoms with E-state index in [1.807, 2.05) is 0 Å². The minimum absolute atomic E-state index is 0.0671.